The van der Waals surface area contributed by atoms with Crippen LogP contribution >= 0.6 is 0 Å². The Bertz CT molecular complexity index is 569. The van der Waals surface area contributed by atoms with Crippen molar-refractivity contribution in [3.8, 4) is 0 Å². The molecular formula is C16H25NO2S. The van der Waals surface area contributed by atoms with Gasteiger partial charge in [-0.1, -0.05) is 37.5 Å². The first-order valence-corrected chi connectivity index (χ1v) is 8.90. The lowest BCUT2D eigenvalue weighted by Crippen LogP contribution is -2.41. The summed E-state index contributed by atoms with van der Waals surface area (Å²) in [6, 6.07) is 3.95. The van der Waals surface area contributed by atoms with Crippen molar-refractivity contribution in [2.75, 3.05) is 0 Å². The van der Waals surface area contributed by atoms with E-state index < -0.39 is 10.0 Å². The van der Waals surface area contributed by atoms with Crippen LogP contribution in [0, 0.1) is 26.7 Å². The molecule has 0 heterocycles. The third-order valence-corrected chi connectivity index (χ3v) is 6.09. The molecule has 1 aromatic carbocycles. The van der Waals surface area contributed by atoms with Gasteiger partial charge in [0.25, 0.3) is 0 Å². The van der Waals surface area contributed by atoms with Crippen molar-refractivity contribution in [1.82, 2.24) is 4.72 Å². The molecule has 1 aliphatic rings. The fourth-order valence-corrected chi connectivity index (χ4v) is 5.17. The van der Waals surface area contributed by atoms with E-state index in [1.807, 2.05) is 32.9 Å². The zero-order valence-corrected chi connectivity index (χ0v) is 13.7. The van der Waals surface area contributed by atoms with E-state index in [9.17, 15) is 8.42 Å². The molecule has 0 spiro atoms. The Morgan fingerprint density at radius 2 is 1.60 bits per heavy atom. The molecule has 0 saturated heterocycles. The fourth-order valence-electron chi connectivity index (χ4n) is 3.34. The fraction of sp³-hybridized carbons (Fsp3) is 0.625. The van der Waals surface area contributed by atoms with Crippen molar-refractivity contribution in [3.63, 3.8) is 0 Å². The van der Waals surface area contributed by atoms with Crippen molar-refractivity contribution < 1.29 is 8.42 Å². The Morgan fingerprint density at radius 1 is 1.05 bits per heavy atom. The summed E-state index contributed by atoms with van der Waals surface area (Å²) < 4.78 is 28.3. The molecule has 4 heteroatoms. The van der Waals surface area contributed by atoms with Crippen molar-refractivity contribution in [2.24, 2.45) is 5.92 Å². The molecule has 0 aromatic heterocycles. The molecule has 3 nitrogen and oxygen atoms in total. The van der Waals surface area contributed by atoms with Gasteiger partial charge in [0.15, 0.2) is 0 Å². The molecule has 1 saturated carbocycles. The monoisotopic (exact) mass is 295 g/mol. The van der Waals surface area contributed by atoms with Crippen molar-refractivity contribution >= 4 is 10.0 Å². The van der Waals surface area contributed by atoms with Gasteiger partial charge in [0, 0.05) is 6.04 Å². The van der Waals surface area contributed by atoms with Gasteiger partial charge in [0.2, 0.25) is 10.0 Å². The van der Waals surface area contributed by atoms with Gasteiger partial charge in [-0.25, -0.2) is 13.1 Å². The number of sulfonamides is 1. The van der Waals surface area contributed by atoms with Crippen molar-refractivity contribution in [3.05, 3.63) is 28.8 Å². The van der Waals surface area contributed by atoms with Crippen LogP contribution in [-0.4, -0.2) is 14.5 Å². The third kappa shape index (κ3) is 3.23. The van der Waals surface area contributed by atoms with E-state index in [1.165, 1.54) is 6.42 Å². The minimum absolute atomic E-state index is 0.0776. The first-order chi connectivity index (χ1) is 9.31. The zero-order chi connectivity index (χ0) is 14.9. The predicted molar refractivity (Wildman–Crippen MR) is 82.4 cm³/mol. The molecule has 0 bridgehead atoms. The van der Waals surface area contributed by atoms with Crippen LogP contribution in [0.1, 0.15) is 49.3 Å². The van der Waals surface area contributed by atoms with Crippen LogP contribution in [0.25, 0.3) is 0 Å². The Morgan fingerprint density at radius 3 is 2.15 bits per heavy atom. The lowest BCUT2D eigenvalue weighted by atomic mass is 9.87. The average Bonchev–Trinajstić information content (AvgIpc) is 2.30. The predicted octanol–water partition coefficient (Wildman–Crippen LogP) is 3.47. The highest BCUT2D eigenvalue weighted by molar-refractivity contribution is 7.89. The summed E-state index contributed by atoms with van der Waals surface area (Å²) >= 11 is 0. The number of aryl methyl sites for hydroxylation is 3. The number of benzene rings is 1. The summed E-state index contributed by atoms with van der Waals surface area (Å²) in [5.41, 5.74) is 2.77. The maximum Gasteiger partial charge on any atom is 0.241 e. The van der Waals surface area contributed by atoms with Gasteiger partial charge in [-0.05, 0) is 50.7 Å². The van der Waals surface area contributed by atoms with Gasteiger partial charge in [-0.3, -0.25) is 0 Å². The normalized spacial score (nSPS) is 23.8. The lowest BCUT2D eigenvalue weighted by Gasteiger charge is -2.29. The highest BCUT2D eigenvalue weighted by atomic mass is 32.2. The highest BCUT2D eigenvalue weighted by Crippen LogP contribution is 2.27. The summed E-state index contributed by atoms with van der Waals surface area (Å²) in [6.45, 7) is 7.88. The van der Waals surface area contributed by atoms with Crippen LogP contribution in [0.4, 0.5) is 0 Å². The largest absolute Gasteiger partial charge is 0.241 e. The molecule has 1 N–H and O–H groups in total. The third-order valence-electron chi connectivity index (χ3n) is 4.29. The Labute approximate surface area is 122 Å². The van der Waals surface area contributed by atoms with E-state index in [-0.39, 0.29) is 6.04 Å². The standard InChI is InChI=1S/C16H25NO2S/c1-11-9-13(3)16(14(4)10-11)20(18,19)17-15-8-6-5-7-12(15)2/h9-10,12,15,17H,5-8H2,1-4H3/t12-,15-/m1/s1. The van der Waals surface area contributed by atoms with Crippen molar-refractivity contribution in [2.45, 2.75) is 64.3 Å². The summed E-state index contributed by atoms with van der Waals surface area (Å²) in [6.07, 6.45) is 4.38. The van der Waals surface area contributed by atoms with Crippen LogP contribution < -0.4 is 4.72 Å². The number of rotatable bonds is 3. The minimum Gasteiger partial charge on any atom is -0.208 e. The minimum atomic E-state index is -3.42. The Balaban J connectivity index is 2.31. The summed E-state index contributed by atoms with van der Waals surface area (Å²) in [4.78, 5) is 0.459. The van der Waals surface area contributed by atoms with Gasteiger partial charge in [0.1, 0.15) is 0 Å². The molecule has 0 radical (unpaired) electrons. The van der Waals surface area contributed by atoms with Crippen LogP contribution in [0.3, 0.4) is 0 Å². The molecule has 20 heavy (non-hydrogen) atoms. The lowest BCUT2D eigenvalue weighted by molar-refractivity contribution is 0.310. The molecule has 0 unspecified atom stereocenters. The number of nitrogens with one attached hydrogen (secondary N) is 1. The Kier molecular flexibility index (Phi) is 4.55. The van der Waals surface area contributed by atoms with Gasteiger partial charge < -0.3 is 0 Å². The molecule has 1 fully saturated rings. The summed E-state index contributed by atoms with van der Waals surface area (Å²) in [5.74, 6) is 0.421. The van der Waals surface area contributed by atoms with E-state index in [1.54, 1.807) is 0 Å². The average molecular weight is 295 g/mol. The van der Waals surface area contributed by atoms with E-state index in [2.05, 4.69) is 11.6 Å². The van der Waals surface area contributed by atoms with Gasteiger partial charge in [-0.2, -0.15) is 0 Å². The van der Waals surface area contributed by atoms with Crippen LogP contribution in [0.15, 0.2) is 17.0 Å². The second-order valence-electron chi connectivity index (χ2n) is 6.22. The molecule has 2 atom stereocenters. The molecule has 0 amide bonds. The molecule has 1 aliphatic carbocycles. The SMILES string of the molecule is Cc1cc(C)c(S(=O)(=O)N[C@@H]2CCCC[C@H]2C)c(C)c1. The van der Waals surface area contributed by atoms with Crippen LogP contribution in [0.2, 0.25) is 0 Å². The van der Waals surface area contributed by atoms with Gasteiger partial charge >= 0.3 is 0 Å². The van der Waals surface area contributed by atoms with E-state index in [4.69, 9.17) is 0 Å². The maximum absolute atomic E-state index is 12.7. The van der Waals surface area contributed by atoms with E-state index >= 15 is 0 Å². The first kappa shape index (κ1) is 15.5. The second kappa shape index (κ2) is 5.86. The summed E-state index contributed by atoms with van der Waals surface area (Å²) in [5, 5.41) is 0. The van der Waals surface area contributed by atoms with Gasteiger partial charge in [-0.15, -0.1) is 0 Å². The smallest absolute Gasteiger partial charge is 0.208 e. The van der Waals surface area contributed by atoms with Gasteiger partial charge in [0.05, 0.1) is 4.90 Å². The second-order valence-corrected chi connectivity index (χ2v) is 7.87. The van der Waals surface area contributed by atoms with Crippen molar-refractivity contribution in [1.29, 1.82) is 0 Å². The Hall–Kier alpha value is -0.870. The van der Waals surface area contributed by atoms with E-state index in [0.29, 0.717) is 10.8 Å². The summed E-state index contributed by atoms with van der Waals surface area (Å²) in [7, 11) is -3.42. The number of hydrogen-bond donors (Lipinski definition) is 1. The highest BCUT2D eigenvalue weighted by Gasteiger charge is 2.28. The molecule has 1 aromatic rings. The first-order valence-electron chi connectivity index (χ1n) is 7.41. The molecule has 0 aliphatic heterocycles. The van der Waals surface area contributed by atoms with E-state index in [0.717, 1.165) is 36.0 Å². The quantitative estimate of drug-likeness (QED) is 0.928. The topological polar surface area (TPSA) is 46.2 Å². The molecular weight excluding hydrogens is 270 g/mol. The van der Waals surface area contributed by atoms with Crippen LogP contribution in [-0.2, 0) is 10.0 Å². The molecule has 2 rings (SSSR count). The number of hydrogen-bond acceptors (Lipinski definition) is 2. The molecule has 112 valence electrons. The zero-order valence-electron chi connectivity index (χ0n) is 12.9. The maximum atomic E-state index is 12.7. The van der Waals surface area contributed by atoms with Crippen LogP contribution in [0.5, 0.6) is 0 Å².